The van der Waals surface area contributed by atoms with Gasteiger partial charge >= 0.3 is 0 Å². The maximum atomic E-state index is 11.6. The second-order valence-corrected chi connectivity index (χ2v) is 5.67. The van der Waals surface area contributed by atoms with Gasteiger partial charge < -0.3 is 0 Å². The largest absolute Gasteiger partial charge is 0.282 e. The molecule has 1 rings (SSSR count). The monoisotopic (exact) mass is 216 g/mol. The molecular formula is C10H16OS2. The molecule has 0 aromatic rings. The molecule has 1 aliphatic heterocycles. The number of thiol groups is 1. The van der Waals surface area contributed by atoms with Gasteiger partial charge in [0.1, 0.15) is 0 Å². The Hall–Kier alpha value is 0.110. The molecular weight excluding hydrogens is 200 g/mol. The van der Waals surface area contributed by atoms with Gasteiger partial charge in [0, 0.05) is 10.8 Å². The fourth-order valence-corrected chi connectivity index (χ4v) is 2.59. The van der Waals surface area contributed by atoms with E-state index in [1.807, 2.05) is 0 Å². The van der Waals surface area contributed by atoms with Crippen molar-refractivity contribution in [2.75, 3.05) is 0 Å². The molecule has 0 aromatic carbocycles. The number of hydrogen-bond acceptors (Lipinski definition) is 3. The van der Waals surface area contributed by atoms with E-state index in [1.165, 1.54) is 11.8 Å². The third-order valence-corrected chi connectivity index (χ3v) is 4.10. The molecule has 0 spiro atoms. The highest BCUT2D eigenvalue weighted by Gasteiger charge is 2.23. The van der Waals surface area contributed by atoms with E-state index >= 15 is 0 Å². The summed E-state index contributed by atoms with van der Waals surface area (Å²) in [4.78, 5) is 12.6. The average molecular weight is 216 g/mol. The molecule has 0 N–H and O–H groups in total. The minimum atomic E-state index is 0.234. The summed E-state index contributed by atoms with van der Waals surface area (Å²) >= 11 is 5.85. The lowest BCUT2D eigenvalue weighted by Crippen LogP contribution is -2.14. The third kappa shape index (κ3) is 2.78. The quantitative estimate of drug-likeness (QED) is 0.535. The normalized spacial score (nSPS) is 28.1. The highest BCUT2D eigenvalue weighted by molar-refractivity contribution is 8.14. The second kappa shape index (κ2) is 4.56. The van der Waals surface area contributed by atoms with Crippen LogP contribution in [0.2, 0.25) is 0 Å². The highest BCUT2D eigenvalue weighted by atomic mass is 32.2. The van der Waals surface area contributed by atoms with Crippen LogP contribution in [0.4, 0.5) is 0 Å². The fourth-order valence-electron chi connectivity index (χ4n) is 1.34. The smallest absolute Gasteiger partial charge is 0.216 e. The zero-order valence-corrected chi connectivity index (χ0v) is 10.0. The van der Waals surface area contributed by atoms with Gasteiger partial charge in [-0.25, -0.2) is 0 Å². The van der Waals surface area contributed by atoms with Crippen LogP contribution in [0.25, 0.3) is 0 Å². The Morgan fingerprint density at radius 2 is 2.23 bits per heavy atom. The third-order valence-electron chi connectivity index (χ3n) is 2.21. The van der Waals surface area contributed by atoms with E-state index < -0.39 is 0 Å². The molecule has 1 saturated heterocycles. The second-order valence-electron chi connectivity index (χ2n) is 3.77. The van der Waals surface area contributed by atoms with Crippen molar-refractivity contribution >= 4 is 29.5 Å². The van der Waals surface area contributed by atoms with Crippen LogP contribution in [0.15, 0.2) is 10.5 Å². The molecule has 1 nitrogen and oxygen atoms in total. The maximum absolute atomic E-state index is 11.6. The van der Waals surface area contributed by atoms with Gasteiger partial charge in [-0.15, -0.1) is 12.6 Å². The van der Waals surface area contributed by atoms with Crippen LogP contribution in [-0.4, -0.2) is 10.4 Å². The molecule has 1 aliphatic rings. The first-order valence-corrected chi connectivity index (χ1v) is 5.98. The predicted molar refractivity (Wildman–Crippen MR) is 62.1 cm³/mol. The van der Waals surface area contributed by atoms with Crippen molar-refractivity contribution in [3.8, 4) is 0 Å². The standard InChI is InChI=1S/C10H16OS2/c1-6(2)9(12)8-5-4-7(3)13-10(8)11/h6-7,12H,4-5H2,1-3H3/b9-8-. The topological polar surface area (TPSA) is 17.1 Å². The van der Waals surface area contributed by atoms with Gasteiger partial charge in [-0.05, 0) is 23.7 Å². The lowest BCUT2D eigenvalue weighted by Gasteiger charge is -2.21. The molecule has 1 heterocycles. The number of allylic oxidation sites excluding steroid dienone is 1. The van der Waals surface area contributed by atoms with E-state index in [9.17, 15) is 4.79 Å². The molecule has 1 atom stereocenters. The molecule has 3 heteroatoms. The van der Waals surface area contributed by atoms with Gasteiger partial charge in [0.25, 0.3) is 0 Å². The number of rotatable bonds is 1. The van der Waals surface area contributed by atoms with Crippen molar-refractivity contribution in [1.29, 1.82) is 0 Å². The van der Waals surface area contributed by atoms with Gasteiger partial charge in [-0.2, -0.15) is 0 Å². The Bertz CT molecular complexity index is 243. The van der Waals surface area contributed by atoms with Crippen molar-refractivity contribution in [1.82, 2.24) is 0 Å². The predicted octanol–water partition coefficient (Wildman–Crippen LogP) is 3.27. The van der Waals surface area contributed by atoms with Crippen LogP contribution in [0, 0.1) is 5.92 Å². The summed E-state index contributed by atoms with van der Waals surface area (Å²) in [5, 5.41) is 0.710. The van der Waals surface area contributed by atoms with Crippen molar-refractivity contribution in [3.63, 3.8) is 0 Å². The number of hydrogen-bond donors (Lipinski definition) is 1. The Morgan fingerprint density at radius 1 is 1.62 bits per heavy atom. The average Bonchev–Trinajstić information content (AvgIpc) is 2.03. The summed E-state index contributed by atoms with van der Waals surface area (Å²) in [5.41, 5.74) is 0.946. The Morgan fingerprint density at radius 3 is 2.69 bits per heavy atom. The van der Waals surface area contributed by atoms with Crippen LogP contribution in [-0.2, 0) is 4.79 Å². The van der Waals surface area contributed by atoms with Crippen molar-refractivity contribution < 1.29 is 4.79 Å². The lowest BCUT2D eigenvalue weighted by atomic mass is 10.0. The van der Waals surface area contributed by atoms with Crippen LogP contribution in [0.5, 0.6) is 0 Å². The van der Waals surface area contributed by atoms with Crippen LogP contribution in [0.3, 0.4) is 0 Å². The lowest BCUT2D eigenvalue weighted by molar-refractivity contribution is -0.108. The molecule has 74 valence electrons. The Balaban J connectivity index is 2.82. The Labute approximate surface area is 89.8 Å². The first kappa shape index (κ1) is 11.2. The van der Waals surface area contributed by atoms with E-state index in [0.29, 0.717) is 11.2 Å². The minimum absolute atomic E-state index is 0.234. The van der Waals surface area contributed by atoms with Crippen molar-refractivity contribution in [2.24, 2.45) is 5.92 Å². The highest BCUT2D eigenvalue weighted by Crippen LogP contribution is 2.34. The van der Waals surface area contributed by atoms with Gasteiger partial charge in [0.2, 0.25) is 5.12 Å². The van der Waals surface area contributed by atoms with Crippen molar-refractivity contribution in [3.05, 3.63) is 10.5 Å². The summed E-state index contributed by atoms with van der Waals surface area (Å²) in [6.07, 6.45) is 2.01. The zero-order valence-electron chi connectivity index (χ0n) is 8.33. The molecule has 0 radical (unpaired) electrons. The number of thioether (sulfide) groups is 1. The summed E-state index contributed by atoms with van der Waals surface area (Å²) in [7, 11) is 0. The zero-order chi connectivity index (χ0) is 10.0. The molecule has 0 aromatic heterocycles. The van der Waals surface area contributed by atoms with Gasteiger partial charge in [-0.3, -0.25) is 4.79 Å². The Kier molecular flexibility index (Phi) is 3.92. The summed E-state index contributed by atoms with van der Waals surface area (Å²) < 4.78 is 0. The maximum Gasteiger partial charge on any atom is 0.216 e. The number of carbonyl (C=O) groups is 1. The van der Waals surface area contributed by atoms with Crippen molar-refractivity contribution in [2.45, 2.75) is 38.9 Å². The molecule has 0 aliphatic carbocycles. The first-order chi connectivity index (χ1) is 6.02. The van der Waals surface area contributed by atoms with E-state index in [1.54, 1.807) is 0 Å². The van der Waals surface area contributed by atoms with Gasteiger partial charge in [0.05, 0.1) is 0 Å². The number of carbonyl (C=O) groups excluding carboxylic acids is 1. The summed E-state index contributed by atoms with van der Waals surface area (Å²) in [5.74, 6) is 0.372. The first-order valence-electron chi connectivity index (χ1n) is 4.65. The van der Waals surface area contributed by atoms with Crippen LogP contribution in [0.1, 0.15) is 33.6 Å². The van der Waals surface area contributed by atoms with E-state index in [4.69, 9.17) is 0 Å². The SMILES string of the molecule is CC1CC/C(=C(/S)C(C)C)C(=O)S1. The van der Waals surface area contributed by atoms with E-state index in [2.05, 4.69) is 33.4 Å². The van der Waals surface area contributed by atoms with Gasteiger partial charge in [-0.1, -0.05) is 32.5 Å². The van der Waals surface area contributed by atoms with E-state index in [0.717, 1.165) is 23.3 Å². The van der Waals surface area contributed by atoms with Crippen LogP contribution >= 0.6 is 24.4 Å². The molecule has 1 unspecified atom stereocenters. The molecule has 1 fully saturated rings. The molecule has 0 amide bonds. The fraction of sp³-hybridized carbons (Fsp3) is 0.700. The minimum Gasteiger partial charge on any atom is -0.282 e. The summed E-state index contributed by atoms with van der Waals surface area (Å²) in [6, 6.07) is 0. The van der Waals surface area contributed by atoms with E-state index in [-0.39, 0.29) is 5.12 Å². The molecule has 0 saturated carbocycles. The summed E-state index contributed by atoms with van der Waals surface area (Å²) in [6.45, 7) is 6.25. The molecule has 13 heavy (non-hydrogen) atoms. The molecule has 0 bridgehead atoms. The van der Waals surface area contributed by atoms with Gasteiger partial charge in [0.15, 0.2) is 0 Å². The van der Waals surface area contributed by atoms with Crippen LogP contribution < -0.4 is 0 Å².